The fraction of sp³-hybridized carbons (Fsp3) is 0.182. The first-order chi connectivity index (χ1) is 25.6. The fourth-order valence-corrected chi connectivity index (χ4v) is 6.25. The van der Waals surface area contributed by atoms with Crippen LogP contribution in [-0.2, 0) is 12.8 Å². The van der Waals surface area contributed by atoms with Crippen LogP contribution >= 0.6 is 0 Å². The van der Waals surface area contributed by atoms with Crippen LogP contribution in [0, 0.1) is 0 Å². The molecule has 0 aliphatic rings. The van der Waals surface area contributed by atoms with Crippen molar-refractivity contribution in [3.05, 3.63) is 133 Å². The van der Waals surface area contributed by atoms with Crippen LogP contribution < -0.4 is 0 Å². The zero-order valence-electron chi connectivity index (χ0n) is 29.3. The molecule has 0 N–H and O–H groups in total. The maximum Gasteiger partial charge on any atom is 0.247 e. The van der Waals surface area contributed by atoms with Gasteiger partial charge in [0.1, 0.15) is 0 Å². The van der Waals surface area contributed by atoms with Crippen molar-refractivity contribution in [2.45, 2.75) is 52.4 Å². The third-order valence-corrected chi connectivity index (χ3v) is 9.24. The third kappa shape index (κ3) is 7.01. The number of fused-ring (bicyclic) bond motifs is 1. The maximum atomic E-state index is 5.88. The Morgan fingerprint density at radius 1 is 0.385 bits per heavy atom. The quantitative estimate of drug-likeness (QED) is 0.125. The second-order valence-corrected chi connectivity index (χ2v) is 12.9. The van der Waals surface area contributed by atoms with E-state index in [9.17, 15) is 0 Å². The first kappa shape index (κ1) is 32.9. The minimum Gasteiger partial charge on any atom is -0.421 e. The minimum absolute atomic E-state index is 0.554. The molecule has 8 rings (SSSR count). The van der Waals surface area contributed by atoms with Crippen LogP contribution in [-0.4, -0.2) is 30.4 Å². The van der Waals surface area contributed by atoms with E-state index in [1.807, 2.05) is 48.5 Å². The van der Waals surface area contributed by atoms with Crippen LogP contribution in [0.2, 0.25) is 0 Å². The topological polar surface area (TPSA) is 104 Å². The first-order valence-electron chi connectivity index (χ1n) is 18.0. The normalized spacial score (nSPS) is 11.3. The molecular formula is C44H38N6O2. The molecular weight excluding hydrogens is 645 g/mol. The summed E-state index contributed by atoms with van der Waals surface area (Å²) in [7, 11) is 0. The van der Waals surface area contributed by atoms with Crippen molar-refractivity contribution in [2.75, 3.05) is 0 Å². The van der Waals surface area contributed by atoms with Gasteiger partial charge < -0.3 is 8.83 Å². The van der Waals surface area contributed by atoms with E-state index in [2.05, 4.69) is 107 Å². The van der Waals surface area contributed by atoms with Gasteiger partial charge in [0.2, 0.25) is 23.6 Å². The van der Waals surface area contributed by atoms with Gasteiger partial charge in [0.05, 0.1) is 22.4 Å². The highest BCUT2D eigenvalue weighted by Crippen LogP contribution is 2.34. The Morgan fingerprint density at radius 3 is 1.06 bits per heavy atom. The monoisotopic (exact) mass is 682 g/mol. The Bertz CT molecular complexity index is 2240. The number of para-hydroxylation sites is 2. The lowest BCUT2D eigenvalue weighted by Crippen LogP contribution is -1.95. The van der Waals surface area contributed by atoms with Gasteiger partial charge in [-0.25, -0.2) is 9.97 Å². The fourth-order valence-electron chi connectivity index (χ4n) is 6.25. The molecule has 8 aromatic rings. The van der Waals surface area contributed by atoms with Crippen molar-refractivity contribution in [1.82, 2.24) is 30.4 Å². The molecule has 0 aliphatic carbocycles. The van der Waals surface area contributed by atoms with Gasteiger partial charge in [-0.3, -0.25) is 0 Å². The summed E-state index contributed by atoms with van der Waals surface area (Å²) in [4.78, 5) is 10.2. The van der Waals surface area contributed by atoms with E-state index >= 15 is 0 Å². The van der Waals surface area contributed by atoms with Gasteiger partial charge in [0, 0.05) is 35.1 Å². The van der Waals surface area contributed by atoms with Gasteiger partial charge in [0.25, 0.3) is 0 Å². The molecule has 3 heterocycles. The SMILES string of the molecule is CCCCc1nnc(-c2ccc(-c3ccc(-c4nc5ccccc5nc4-c4ccc(-c5ccc(-c6nnc(CCCC)o6)cc5)cc4)cc3)cc2)o1. The summed E-state index contributed by atoms with van der Waals surface area (Å²) >= 11 is 0. The number of aryl methyl sites for hydroxylation is 2. The molecule has 0 amide bonds. The van der Waals surface area contributed by atoms with Crippen molar-refractivity contribution in [1.29, 1.82) is 0 Å². The van der Waals surface area contributed by atoms with Gasteiger partial charge in [-0.2, -0.15) is 0 Å². The van der Waals surface area contributed by atoms with E-state index in [-0.39, 0.29) is 0 Å². The Morgan fingerprint density at radius 2 is 0.712 bits per heavy atom. The van der Waals surface area contributed by atoms with Gasteiger partial charge in [0.15, 0.2) is 0 Å². The van der Waals surface area contributed by atoms with Gasteiger partial charge in [-0.1, -0.05) is 112 Å². The van der Waals surface area contributed by atoms with Crippen molar-refractivity contribution in [3.63, 3.8) is 0 Å². The molecule has 52 heavy (non-hydrogen) atoms. The molecule has 0 unspecified atom stereocenters. The molecule has 256 valence electrons. The lowest BCUT2D eigenvalue weighted by molar-refractivity contribution is 0.495. The molecule has 0 atom stereocenters. The number of rotatable bonds is 12. The van der Waals surface area contributed by atoms with Gasteiger partial charge >= 0.3 is 0 Å². The molecule has 0 saturated heterocycles. The average molecular weight is 683 g/mol. The summed E-state index contributed by atoms with van der Waals surface area (Å²) < 4.78 is 11.8. The minimum atomic E-state index is 0.554. The molecule has 0 fully saturated rings. The summed E-state index contributed by atoms with van der Waals surface area (Å²) in [6.45, 7) is 4.31. The zero-order valence-corrected chi connectivity index (χ0v) is 29.3. The molecule has 0 spiro atoms. The third-order valence-electron chi connectivity index (χ3n) is 9.24. The lowest BCUT2D eigenvalue weighted by Gasteiger charge is -2.12. The Balaban J connectivity index is 1.04. The number of unbranched alkanes of at least 4 members (excludes halogenated alkanes) is 2. The molecule has 0 saturated carbocycles. The predicted molar refractivity (Wildman–Crippen MR) is 205 cm³/mol. The zero-order chi connectivity index (χ0) is 35.3. The van der Waals surface area contributed by atoms with Crippen LogP contribution in [0.3, 0.4) is 0 Å². The highest BCUT2D eigenvalue weighted by atomic mass is 16.4. The van der Waals surface area contributed by atoms with Crippen LogP contribution in [0.15, 0.2) is 130 Å². The van der Waals surface area contributed by atoms with E-state index in [1.165, 1.54) is 0 Å². The summed E-state index contributed by atoms with van der Waals surface area (Å²) in [5.41, 5.74) is 11.6. The largest absolute Gasteiger partial charge is 0.421 e. The van der Waals surface area contributed by atoms with Crippen LogP contribution in [0.5, 0.6) is 0 Å². The standard InChI is InChI=1S/C44H38N6O2/c1-3-5-11-39-47-49-43(51-39)35-25-17-31(18-26-35)29-13-21-33(22-14-29)41-42(46-38-10-8-7-9-37(38)45-41)34-23-15-30(16-24-34)32-19-27-36(28-20-32)44-50-48-40(52-44)12-6-4-2/h7-10,13-28H,3-6,11-12H2,1-2H3. The Kier molecular flexibility index (Phi) is 9.43. The lowest BCUT2D eigenvalue weighted by atomic mass is 9.97. The van der Waals surface area contributed by atoms with Crippen LogP contribution in [0.1, 0.15) is 51.3 Å². The van der Waals surface area contributed by atoms with Crippen molar-refractivity contribution >= 4 is 11.0 Å². The summed E-state index contributed by atoms with van der Waals surface area (Å²) in [6, 6.07) is 41.5. The Hall–Kier alpha value is -6.28. The summed E-state index contributed by atoms with van der Waals surface area (Å²) in [5, 5.41) is 16.9. The van der Waals surface area contributed by atoms with E-state index in [0.717, 1.165) is 105 Å². The van der Waals surface area contributed by atoms with Crippen molar-refractivity contribution < 1.29 is 8.83 Å². The average Bonchev–Trinajstić information content (AvgIpc) is 3.90. The van der Waals surface area contributed by atoms with E-state index in [1.54, 1.807) is 0 Å². The number of nitrogens with zero attached hydrogens (tertiary/aromatic N) is 6. The van der Waals surface area contributed by atoms with Crippen LogP contribution in [0.4, 0.5) is 0 Å². The molecule has 8 heteroatoms. The Labute approximate surface area is 302 Å². The smallest absolute Gasteiger partial charge is 0.247 e. The van der Waals surface area contributed by atoms with Gasteiger partial charge in [-0.15, -0.1) is 20.4 Å². The molecule has 0 bridgehead atoms. The number of benzene rings is 5. The van der Waals surface area contributed by atoms with Crippen molar-refractivity contribution in [3.8, 4) is 67.7 Å². The predicted octanol–water partition coefficient (Wildman–Crippen LogP) is 11.1. The van der Waals surface area contributed by atoms with E-state index in [4.69, 9.17) is 18.8 Å². The van der Waals surface area contributed by atoms with Crippen LogP contribution in [0.25, 0.3) is 78.7 Å². The highest BCUT2D eigenvalue weighted by molar-refractivity contribution is 5.87. The number of hydrogen-bond acceptors (Lipinski definition) is 8. The van der Waals surface area contributed by atoms with E-state index in [0.29, 0.717) is 23.6 Å². The highest BCUT2D eigenvalue weighted by Gasteiger charge is 2.15. The molecule has 3 aromatic heterocycles. The summed E-state index contributed by atoms with van der Waals surface area (Å²) in [6.07, 6.45) is 5.87. The number of aromatic nitrogens is 6. The summed E-state index contributed by atoms with van der Waals surface area (Å²) in [5.74, 6) is 2.48. The second-order valence-electron chi connectivity index (χ2n) is 12.9. The molecule has 0 aliphatic heterocycles. The second kappa shape index (κ2) is 14.9. The molecule has 8 nitrogen and oxygen atoms in total. The van der Waals surface area contributed by atoms with E-state index < -0.39 is 0 Å². The van der Waals surface area contributed by atoms with Gasteiger partial charge in [-0.05, 0) is 71.5 Å². The number of hydrogen-bond donors (Lipinski definition) is 0. The maximum absolute atomic E-state index is 5.88. The van der Waals surface area contributed by atoms with Crippen molar-refractivity contribution in [2.24, 2.45) is 0 Å². The first-order valence-corrected chi connectivity index (χ1v) is 18.0. The molecule has 0 radical (unpaired) electrons. The molecule has 5 aromatic carbocycles.